The summed E-state index contributed by atoms with van der Waals surface area (Å²) < 4.78 is 23.0. The Morgan fingerprint density at radius 3 is 2.36 bits per heavy atom. The van der Waals surface area contributed by atoms with Crippen molar-refractivity contribution in [1.29, 1.82) is 0 Å². The van der Waals surface area contributed by atoms with Gasteiger partial charge in [-0.05, 0) is 25.8 Å². The van der Waals surface area contributed by atoms with Gasteiger partial charge in [-0.25, -0.2) is 4.79 Å². The molecule has 33 heavy (non-hydrogen) atoms. The van der Waals surface area contributed by atoms with Crippen LogP contribution in [0.1, 0.15) is 48.0 Å². The van der Waals surface area contributed by atoms with Crippen LogP contribution in [-0.4, -0.2) is 69.8 Å². The van der Waals surface area contributed by atoms with E-state index in [0.717, 1.165) is 5.57 Å². The van der Waals surface area contributed by atoms with Crippen LogP contribution in [0.15, 0.2) is 23.8 Å². The number of rotatable bonds is 2. The first kappa shape index (κ1) is 23.9. The molecule has 2 saturated heterocycles. The van der Waals surface area contributed by atoms with Gasteiger partial charge in [-0.3, -0.25) is 9.59 Å². The molecule has 10 atom stereocenters. The predicted octanol–water partition coefficient (Wildman–Crippen LogP) is 1.20. The number of hydrogen-bond donors (Lipinski definition) is 2. The zero-order valence-corrected chi connectivity index (χ0v) is 19.7. The highest BCUT2D eigenvalue weighted by Gasteiger charge is 2.85. The number of aliphatic hydroxyl groups excluding tert-OH is 2. The number of carbonyl (C=O) groups excluding carboxylic acids is 3. The van der Waals surface area contributed by atoms with Gasteiger partial charge in [0.05, 0.1) is 12.2 Å². The van der Waals surface area contributed by atoms with Gasteiger partial charge in [0.25, 0.3) is 0 Å². The summed E-state index contributed by atoms with van der Waals surface area (Å²) in [7, 11) is 0. The first-order valence-electron chi connectivity index (χ1n) is 11.3. The number of hydrogen-bond acceptors (Lipinski definition) is 9. The average Bonchev–Trinajstić information content (AvgIpc) is 3.29. The largest absolute Gasteiger partial charge is 0.458 e. The highest BCUT2D eigenvalue weighted by Crippen LogP contribution is 2.64. The molecule has 0 aromatic carbocycles. The molecule has 2 heterocycles. The Balaban J connectivity index is 1.93. The van der Waals surface area contributed by atoms with Crippen molar-refractivity contribution in [2.24, 2.45) is 17.3 Å². The fourth-order valence-electron chi connectivity index (χ4n) is 6.23. The van der Waals surface area contributed by atoms with E-state index in [0.29, 0.717) is 0 Å². The van der Waals surface area contributed by atoms with Crippen molar-refractivity contribution in [1.82, 2.24) is 0 Å². The van der Waals surface area contributed by atoms with Crippen molar-refractivity contribution in [2.75, 3.05) is 0 Å². The lowest BCUT2D eigenvalue weighted by Crippen LogP contribution is -2.61. The molecule has 0 bridgehead atoms. The van der Waals surface area contributed by atoms with Crippen LogP contribution in [0.25, 0.3) is 0 Å². The molecule has 182 valence electrons. The van der Waals surface area contributed by atoms with Gasteiger partial charge in [-0.2, -0.15) is 0 Å². The predicted molar refractivity (Wildman–Crippen MR) is 113 cm³/mol. The maximum Gasteiger partial charge on any atom is 0.342 e. The van der Waals surface area contributed by atoms with Crippen LogP contribution in [-0.2, 0) is 33.3 Å². The van der Waals surface area contributed by atoms with Crippen LogP contribution in [0.3, 0.4) is 0 Å². The zero-order valence-electron chi connectivity index (χ0n) is 19.7. The number of epoxide rings is 1. The fraction of sp³-hybridized carbons (Fsp3) is 0.708. The molecule has 0 saturated carbocycles. The molecule has 9 nitrogen and oxygen atoms in total. The van der Waals surface area contributed by atoms with Gasteiger partial charge in [0.1, 0.15) is 12.2 Å². The van der Waals surface area contributed by atoms with E-state index in [-0.39, 0.29) is 6.42 Å². The smallest absolute Gasteiger partial charge is 0.342 e. The summed E-state index contributed by atoms with van der Waals surface area (Å²) in [4.78, 5) is 36.8. The van der Waals surface area contributed by atoms with Crippen molar-refractivity contribution in [3.8, 4) is 0 Å². The fourth-order valence-corrected chi connectivity index (χ4v) is 6.23. The monoisotopic (exact) mass is 464 g/mol. The summed E-state index contributed by atoms with van der Waals surface area (Å²) in [6, 6.07) is 0. The molecule has 4 aliphatic rings. The van der Waals surface area contributed by atoms with Crippen LogP contribution in [0.5, 0.6) is 0 Å². The third-order valence-corrected chi connectivity index (χ3v) is 7.90. The minimum atomic E-state index is -1.34. The summed E-state index contributed by atoms with van der Waals surface area (Å²) in [5, 5.41) is 22.5. The first-order chi connectivity index (χ1) is 15.3. The molecule has 2 N–H and O–H groups in total. The van der Waals surface area contributed by atoms with Gasteiger partial charge < -0.3 is 29.2 Å². The van der Waals surface area contributed by atoms with Gasteiger partial charge in [0.2, 0.25) is 0 Å². The molecule has 0 radical (unpaired) electrons. The Labute approximate surface area is 192 Å². The molecule has 0 aromatic rings. The van der Waals surface area contributed by atoms with E-state index in [1.54, 1.807) is 45.9 Å². The summed E-state index contributed by atoms with van der Waals surface area (Å²) in [6.45, 7) is 9.51. The number of esters is 3. The minimum Gasteiger partial charge on any atom is -0.458 e. The molecule has 4 rings (SSSR count). The number of fused-ring (bicyclic) bond motifs is 1. The minimum absolute atomic E-state index is 0.210. The molecule has 2 aliphatic carbocycles. The number of ether oxygens (including phenoxy) is 4. The maximum atomic E-state index is 12.7. The molecular weight excluding hydrogens is 432 g/mol. The van der Waals surface area contributed by atoms with Gasteiger partial charge >= 0.3 is 17.9 Å². The molecule has 2 aliphatic heterocycles. The van der Waals surface area contributed by atoms with Crippen molar-refractivity contribution < 1.29 is 43.5 Å². The Morgan fingerprint density at radius 2 is 1.79 bits per heavy atom. The van der Waals surface area contributed by atoms with E-state index in [1.165, 1.54) is 13.8 Å². The highest BCUT2D eigenvalue weighted by atomic mass is 16.7. The lowest BCUT2D eigenvalue weighted by atomic mass is 9.57. The molecule has 9 heteroatoms. The topological polar surface area (TPSA) is 132 Å². The van der Waals surface area contributed by atoms with Crippen molar-refractivity contribution >= 4 is 17.9 Å². The second-order valence-corrected chi connectivity index (χ2v) is 10.2. The molecule has 0 amide bonds. The lowest BCUT2D eigenvalue weighted by molar-refractivity contribution is -0.189. The van der Waals surface area contributed by atoms with Crippen LogP contribution in [0.4, 0.5) is 0 Å². The van der Waals surface area contributed by atoms with E-state index in [1.807, 2.05) is 0 Å². The summed E-state index contributed by atoms with van der Waals surface area (Å²) in [5.74, 6) is -2.91. The van der Waals surface area contributed by atoms with Gasteiger partial charge in [-0.15, -0.1) is 0 Å². The molecular formula is C24H32O9. The second-order valence-electron chi connectivity index (χ2n) is 10.2. The number of carbonyl (C=O) groups is 3. The van der Waals surface area contributed by atoms with Gasteiger partial charge in [0, 0.05) is 31.6 Å². The first-order valence-corrected chi connectivity index (χ1v) is 11.3. The van der Waals surface area contributed by atoms with Gasteiger partial charge in [0.15, 0.2) is 17.3 Å². The standard InChI is InChI=1S/C24H32O9/c1-11-9-16(30-13(3)25)20(31-14(4)26)22(5)8-7-15(27)12(2)18(22)19(28)24-17(10-11)32-21(29)23(24,6)33-24/h7-8,10,12,15-20,27-28H,9H2,1-6H3/b11-10-/t12-,15+,16-,17-,18+,19+,20-,22-,23+,24-/m0/s1. The van der Waals surface area contributed by atoms with E-state index < -0.39 is 76.9 Å². The SMILES string of the molecule is CC(=O)O[C@H]1C/C(C)=C\[C@@H]2OC(=O)[C@@]3(C)O[C@]23[C@H](O)[C@H]2[C@@H](C)[C@H](O)C=C[C@]2(C)[C@H]1OC(C)=O. The zero-order chi connectivity index (χ0) is 24.5. The summed E-state index contributed by atoms with van der Waals surface area (Å²) >= 11 is 0. The normalized spacial score (nSPS) is 50.0. The van der Waals surface area contributed by atoms with Crippen LogP contribution in [0, 0.1) is 17.3 Å². The molecule has 2 fully saturated rings. The Hall–Kier alpha value is -2.23. The molecule has 0 aromatic heterocycles. The lowest BCUT2D eigenvalue weighted by Gasteiger charge is -2.51. The Bertz CT molecular complexity index is 940. The van der Waals surface area contributed by atoms with E-state index in [9.17, 15) is 24.6 Å². The van der Waals surface area contributed by atoms with Crippen molar-refractivity contribution in [2.45, 2.75) is 89.7 Å². The highest BCUT2D eigenvalue weighted by molar-refractivity contribution is 5.88. The second kappa shape index (κ2) is 7.65. The average molecular weight is 465 g/mol. The Morgan fingerprint density at radius 1 is 1.15 bits per heavy atom. The summed E-state index contributed by atoms with van der Waals surface area (Å²) in [6.07, 6.45) is 0.369. The van der Waals surface area contributed by atoms with Gasteiger partial charge in [-0.1, -0.05) is 31.6 Å². The third-order valence-electron chi connectivity index (χ3n) is 7.90. The summed E-state index contributed by atoms with van der Waals surface area (Å²) in [5.41, 5.74) is -3.02. The van der Waals surface area contributed by atoms with Crippen LogP contribution < -0.4 is 0 Å². The van der Waals surface area contributed by atoms with E-state index in [2.05, 4.69) is 0 Å². The van der Waals surface area contributed by atoms with Crippen LogP contribution in [0.2, 0.25) is 0 Å². The van der Waals surface area contributed by atoms with Crippen molar-refractivity contribution in [3.63, 3.8) is 0 Å². The maximum absolute atomic E-state index is 12.7. The third kappa shape index (κ3) is 3.35. The Kier molecular flexibility index (Phi) is 5.54. The van der Waals surface area contributed by atoms with Crippen molar-refractivity contribution in [3.05, 3.63) is 23.8 Å². The number of aliphatic hydroxyl groups is 2. The molecule has 1 spiro atoms. The van der Waals surface area contributed by atoms with Crippen LogP contribution >= 0.6 is 0 Å². The van der Waals surface area contributed by atoms with E-state index >= 15 is 0 Å². The molecule has 0 unspecified atom stereocenters. The van der Waals surface area contributed by atoms with E-state index in [4.69, 9.17) is 18.9 Å². The quantitative estimate of drug-likeness (QED) is 0.268.